The number of aryl methyl sites for hydroxylation is 1. The minimum absolute atomic E-state index is 0.766. The largest absolute Gasteiger partial charge is 0.399 e. The summed E-state index contributed by atoms with van der Waals surface area (Å²) in [5, 5.41) is 0. The molecular weight excluding hydrogens is 256 g/mol. The van der Waals surface area contributed by atoms with Crippen molar-refractivity contribution in [2.45, 2.75) is 6.92 Å². The highest BCUT2D eigenvalue weighted by atomic mass is 14.6. The summed E-state index contributed by atoms with van der Waals surface area (Å²) in [5.41, 5.74) is 19.3. The van der Waals surface area contributed by atoms with Crippen LogP contribution in [0.3, 0.4) is 0 Å². The van der Waals surface area contributed by atoms with E-state index in [0.717, 1.165) is 28.1 Å². The lowest BCUT2D eigenvalue weighted by Crippen LogP contribution is -1.94. The van der Waals surface area contributed by atoms with Crippen LogP contribution >= 0.6 is 0 Å². The highest BCUT2D eigenvalue weighted by Gasteiger charge is 2.12. The van der Waals surface area contributed by atoms with Gasteiger partial charge in [-0.15, -0.1) is 0 Å². The monoisotopic (exact) mass is 274 g/mol. The summed E-state index contributed by atoms with van der Waals surface area (Å²) in [7, 11) is 0. The van der Waals surface area contributed by atoms with Gasteiger partial charge in [0.2, 0.25) is 0 Å². The van der Waals surface area contributed by atoms with Crippen molar-refractivity contribution in [3.8, 4) is 22.3 Å². The molecule has 2 nitrogen and oxygen atoms in total. The maximum atomic E-state index is 6.15. The average Bonchev–Trinajstić information content (AvgIpc) is 2.47. The second-order valence-electron chi connectivity index (χ2n) is 5.21. The van der Waals surface area contributed by atoms with Crippen LogP contribution in [0, 0.1) is 6.92 Å². The van der Waals surface area contributed by atoms with E-state index in [1.165, 1.54) is 11.1 Å². The van der Waals surface area contributed by atoms with Gasteiger partial charge in [0.1, 0.15) is 0 Å². The van der Waals surface area contributed by atoms with E-state index < -0.39 is 0 Å². The van der Waals surface area contributed by atoms with E-state index in [4.69, 9.17) is 11.5 Å². The number of hydrogen-bond acceptors (Lipinski definition) is 2. The first kappa shape index (κ1) is 13.3. The lowest BCUT2D eigenvalue weighted by atomic mass is 9.90. The Kier molecular flexibility index (Phi) is 3.36. The van der Waals surface area contributed by atoms with Gasteiger partial charge in [0.25, 0.3) is 0 Å². The normalized spacial score (nSPS) is 10.5. The number of anilines is 2. The molecule has 0 fully saturated rings. The molecule has 0 unspecified atom stereocenters. The van der Waals surface area contributed by atoms with Gasteiger partial charge in [-0.05, 0) is 47.4 Å². The van der Waals surface area contributed by atoms with E-state index in [0.29, 0.717) is 0 Å². The van der Waals surface area contributed by atoms with Gasteiger partial charge < -0.3 is 11.5 Å². The van der Waals surface area contributed by atoms with Crippen LogP contribution in [0.5, 0.6) is 0 Å². The number of nitrogens with two attached hydrogens (primary N) is 2. The fraction of sp³-hybridized carbons (Fsp3) is 0.0526. The standard InChI is InChI=1S/C19H18N2/c1-13-6-4-10-17(16-9-2-3-11-18(16)21)19(13)14-7-5-8-15(20)12-14/h2-12H,20-21H2,1H3. The zero-order valence-electron chi connectivity index (χ0n) is 12.0. The van der Waals surface area contributed by atoms with Crippen molar-refractivity contribution in [3.63, 3.8) is 0 Å². The van der Waals surface area contributed by atoms with Crippen molar-refractivity contribution in [1.82, 2.24) is 0 Å². The molecule has 0 aliphatic carbocycles. The molecule has 0 atom stereocenters. The third-order valence-corrected chi connectivity index (χ3v) is 3.70. The molecule has 0 aliphatic heterocycles. The van der Waals surface area contributed by atoms with Crippen LogP contribution in [0.1, 0.15) is 5.56 Å². The molecule has 0 amide bonds. The molecule has 0 spiro atoms. The summed E-state index contributed by atoms with van der Waals surface area (Å²) >= 11 is 0. The van der Waals surface area contributed by atoms with Crippen molar-refractivity contribution in [2.75, 3.05) is 11.5 Å². The van der Waals surface area contributed by atoms with Gasteiger partial charge in [-0.1, -0.05) is 48.5 Å². The number of benzene rings is 3. The van der Waals surface area contributed by atoms with Gasteiger partial charge in [-0.2, -0.15) is 0 Å². The molecule has 3 aromatic carbocycles. The molecule has 3 rings (SSSR count). The Hall–Kier alpha value is -2.74. The lowest BCUT2D eigenvalue weighted by Gasteiger charge is -2.15. The molecule has 0 saturated carbocycles. The number of hydrogen-bond donors (Lipinski definition) is 2. The molecular formula is C19H18N2. The Labute approximate surface area is 125 Å². The zero-order chi connectivity index (χ0) is 14.8. The Bertz CT molecular complexity index is 791. The van der Waals surface area contributed by atoms with Gasteiger partial charge >= 0.3 is 0 Å². The number of para-hydroxylation sites is 1. The van der Waals surface area contributed by atoms with Crippen molar-refractivity contribution in [2.24, 2.45) is 0 Å². The van der Waals surface area contributed by atoms with E-state index in [2.05, 4.69) is 37.3 Å². The van der Waals surface area contributed by atoms with E-state index >= 15 is 0 Å². The molecule has 3 aromatic rings. The third kappa shape index (κ3) is 2.48. The summed E-state index contributed by atoms with van der Waals surface area (Å²) in [4.78, 5) is 0. The second kappa shape index (κ2) is 5.33. The van der Waals surface area contributed by atoms with E-state index in [1.807, 2.05) is 36.4 Å². The highest BCUT2D eigenvalue weighted by molar-refractivity contribution is 5.90. The van der Waals surface area contributed by atoms with Crippen LogP contribution < -0.4 is 11.5 Å². The number of nitrogen functional groups attached to an aromatic ring is 2. The summed E-state index contributed by atoms with van der Waals surface area (Å²) in [6, 6.07) is 22.2. The molecule has 104 valence electrons. The summed E-state index contributed by atoms with van der Waals surface area (Å²) < 4.78 is 0. The SMILES string of the molecule is Cc1cccc(-c2ccccc2N)c1-c1cccc(N)c1. The van der Waals surface area contributed by atoms with E-state index in [9.17, 15) is 0 Å². The number of rotatable bonds is 2. The van der Waals surface area contributed by atoms with Crippen LogP contribution in [0.25, 0.3) is 22.3 Å². The topological polar surface area (TPSA) is 52.0 Å². The Morgan fingerprint density at radius 2 is 1.43 bits per heavy atom. The van der Waals surface area contributed by atoms with Gasteiger partial charge in [-0.3, -0.25) is 0 Å². The van der Waals surface area contributed by atoms with Crippen LogP contribution in [-0.4, -0.2) is 0 Å². The van der Waals surface area contributed by atoms with E-state index in [1.54, 1.807) is 0 Å². The molecule has 0 radical (unpaired) electrons. The van der Waals surface area contributed by atoms with Crippen LogP contribution in [-0.2, 0) is 0 Å². The molecule has 0 bridgehead atoms. The van der Waals surface area contributed by atoms with Crippen molar-refractivity contribution >= 4 is 11.4 Å². The Morgan fingerprint density at radius 3 is 2.19 bits per heavy atom. The highest BCUT2D eigenvalue weighted by Crippen LogP contribution is 2.37. The van der Waals surface area contributed by atoms with E-state index in [-0.39, 0.29) is 0 Å². The molecule has 4 N–H and O–H groups in total. The maximum absolute atomic E-state index is 6.15. The minimum Gasteiger partial charge on any atom is -0.399 e. The molecule has 0 aromatic heterocycles. The summed E-state index contributed by atoms with van der Waals surface area (Å²) in [6.45, 7) is 2.11. The van der Waals surface area contributed by atoms with Gasteiger partial charge in [0, 0.05) is 16.9 Å². The summed E-state index contributed by atoms with van der Waals surface area (Å²) in [6.07, 6.45) is 0. The summed E-state index contributed by atoms with van der Waals surface area (Å²) in [5.74, 6) is 0. The van der Waals surface area contributed by atoms with Crippen LogP contribution in [0.2, 0.25) is 0 Å². The van der Waals surface area contributed by atoms with Crippen molar-refractivity contribution < 1.29 is 0 Å². The predicted octanol–water partition coefficient (Wildman–Crippen LogP) is 4.49. The first-order valence-electron chi connectivity index (χ1n) is 6.97. The Balaban J connectivity index is 2.29. The fourth-order valence-electron chi connectivity index (χ4n) is 2.71. The van der Waals surface area contributed by atoms with Crippen LogP contribution in [0.4, 0.5) is 11.4 Å². The van der Waals surface area contributed by atoms with Crippen molar-refractivity contribution in [3.05, 3.63) is 72.3 Å². The minimum atomic E-state index is 0.766. The zero-order valence-corrected chi connectivity index (χ0v) is 12.0. The van der Waals surface area contributed by atoms with Gasteiger partial charge in [0.05, 0.1) is 0 Å². The van der Waals surface area contributed by atoms with Crippen molar-refractivity contribution in [1.29, 1.82) is 0 Å². The van der Waals surface area contributed by atoms with Gasteiger partial charge in [0.15, 0.2) is 0 Å². The van der Waals surface area contributed by atoms with Gasteiger partial charge in [-0.25, -0.2) is 0 Å². The predicted molar refractivity (Wildman–Crippen MR) is 90.9 cm³/mol. The molecule has 2 heteroatoms. The molecule has 0 aliphatic rings. The molecule has 0 saturated heterocycles. The first-order chi connectivity index (χ1) is 10.2. The molecule has 0 heterocycles. The molecule has 21 heavy (non-hydrogen) atoms. The fourth-order valence-corrected chi connectivity index (χ4v) is 2.71. The second-order valence-corrected chi connectivity index (χ2v) is 5.21. The smallest absolute Gasteiger partial charge is 0.0393 e. The maximum Gasteiger partial charge on any atom is 0.0393 e. The lowest BCUT2D eigenvalue weighted by molar-refractivity contribution is 1.45. The van der Waals surface area contributed by atoms with Crippen LogP contribution in [0.15, 0.2) is 66.7 Å². The Morgan fingerprint density at radius 1 is 0.714 bits per heavy atom. The third-order valence-electron chi connectivity index (χ3n) is 3.70. The first-order valence-corrected chi connectivity index (χ1v) is 6.97. The quantitative estimate of drug-likeness (QED) is 0.676. The average molecular weight is 274 g/mol.